The number of hydrogen-bond donors (Lipinski definition) is 0. The van der Waals surface area contributed by atoms with E-state index in [2.05, 4.69) is 20.8 Å². The molecule has 1 amide bonds. The van der Waals surface area contributed by atoms with Crippen molar-refractivity contribution >= 4 is 22.0 Å². The van der Waals surface area contributed by atoms with E-state index < -0.39 is 5.60 Å². The van der Waals surface area contributed by atoms with E-state index in [0.717, 1.165) is 23.1 Å². The zero-order valence-electron chi connectivity index (χ0n) is 15.0. The molecule has 0 N–H and O–H groups in total. The van der Waals surface area contributed by atoms with E-state index in [4.69, 9.17) is 4.74 Å². The standard InChI is InChI=1S/C18H26BrFN2O2/c1-12-8-15(19)14(9-16(12)20)11-21-6-7-22(13(2)10-21)17(23)24-18(3,4)5/h8-9,13H,6-7,10-11H2,1-5H3/t13-/m1/s1. The number of carbonyl (C=O) groups is 1. The maximum Gasteiger partial charge on any atom is 0.410 e. The summed E-state index contributed by atoms with van der Waals surface area (Å²) in [4.78, 5) is 16.3. The highest BCUT2D eigenvalue weighted by Gasteiger charge is 2.30. The minimum atomic E-state index is -0.488. The van der Waals surface area contributed by atoms with Gasteiger partial charge in [-0.1, -0.05) is 15.9 Å². The lowest BCUT2D eigenvalue weighted by Gasteiger charge is -2.40. The minimum Gasteiger partial charge on any atom is -0.444 e. The van der Waals surface area contributed by atoms with Gasteiger partial charge in [-0.05, 0) is 57.9 Å². The highest BCUT2D eigenvalue weighted by molar-refractivity contribution is 9.10. The second-order valence-corrected chi connectivity index (χ2v) is 8.31. The number of hydrogen-bond acceptors (Lipinski definition) is 3. The van der Waals surface area contributed by atoms with Crippen molar-refractivity contribution in [1.82, 2.24) is 9.80 Å². The number of piperazine rings is 1. The molecule has 4 nitrogen and oxygen atoms in total. The smallest absolute Gasteiger partial charge is 0.410 e. The van der Waals surface area contributed by atoms with Gasteiger partial charge in [0.15, 0.2) is 0 Å². The third-order valence-corrected chi connectivity index (χ3v) is 4.80. The van der Waals surface area contributed by atoms with Gasteiger partial charge < -0.3 is 9.64 Å². The summed E-state index contributed by atoms with van der Waals surface area (Å²) in [6.45, 7) is 12.1. The summed E-state index contributed by atoms with van der Waals surface area (Å²) in [7, 11) is 0. The van der Waals surface area contributed by atoms with Gasteiger partial charge in [-0.25, -0.2) is 9.18 Å². The number of rotatable bonds is 2. The van der Waals surface area contributed by atoms with E-state index in [1.54, 1.807) is 17.9 Å². The molecule has 0 bridgehead atoms. The van der Waals surface area contributed by atoms with Gasteiger partial charge in [0.25, 0.3) is 0 Å². The highest BCUT2D eigenvalue weighted by atomic mass is 79.9. The van der Waals surface area contributed by atoms with Gasteiger partial charge in [0, 0.05) is 36.7 Å². The number of aryl methyl sites for hydroxylation is 1. The summed E-state index contributed by atoms with van der Waals surface area (Å²) in [5.41, 5.74) is 1.07. The van der Waals surface area contributed by atoms with Crippen LogP contribution in [-0.2, 0) is 11.3 Å². The van der Waals surface area contributed by atoms with Crippen LogP contribution in [0.4, 0.5) is 9.18 Å². The van der Waals surface area contributed by atoms with Crippen LogP contribution in [0.1, 0.15) is 38.8 Å². The van der Waals surface area contributed by atoms with Crippen molar-refractivity contribution in [3.63, 3.8) is 0 Å². The van der Waals surface area contributed by atoms with Gasteiger partial charge in [0.05, 0.1) is 0 Å². The summed E-state index contributed by atoms with van der Waals surface area (Å²) in [5.74, 6) is -0.186. The van der Waals surface area contributed by atoms with Crippen molar-refractivity contribution in [3.8, 4) is 0 Å². The molecule has 0 unspecified atom stereocenters. The zero-order chi connectivity index (χ0) is 18.1. The molecule has 1 atom stereocenters. The Bertz CT molecular complexity index is 616. The molecule has 1 heterocycles. The van der Waals surface area contributed by atoms with Crippen LogP contribution < -0.4 is 0 Å². The van der Waals surface area contributed by atoms with Crippen LogP contribution in [0.5, 0.6) is 0 Å². The zero-order valence-corrected chi connectivity index (χ0v) is 16.6. The molecular weight excluding hydrogens is 375 g/mol. The van der Waals surface area contributed by atoms with E-state index in [1.807, 2.05) is 33.8 Å². The SMILES string of the molecule is Cc1cc(Br)c(CN2CCN(C(=O)OC(C)(C)C)[C@H](C)C2)cc1F. The number of halogens is 2. The number of amides is 1. The molecule has 1 saturated heterocycles. The van der Waals surface area contributed by atoms with Gasteiger partial charge in [-0.2, -0.15) is 0 Å². The summed E-state index contributed by atoms with van der Waals surface area (Å²) in [5, 5.41) is 0. The minimum absolute atomic E-state index is 0.0580. The molecule has 0 aromatic heterocycles. The van der Waals surface area contributed by atoms with Gasteiger partial charge in [0.1, 0.15) is 11.4 Å². The molecule has 1 aliphatic heterocycles. The van der Waals surface area contributed by atoms with Crippen molar-refractivity contribution in [2.45, 2.75) is 52.8 Å². The molecule has 0 aliphatic carbocycles. The quantitative estimate of drug-likeness (QED) is 0.739. The molecule has 0 saturated carbocycles. The summed E-state index contributed by atoms with van der Waals surface area (Å²) >= 11 is 3.51. The van der Waals surface area contributed by atoms with E-state index in [-0.39, 0.29) is 18.0 Å². The normalized spacial score (nSPS) is 19.5. The number of benzene rings is 1. The fraction of sp³-hybridized carbons (Fsp3) is 0.611. The van der Waals surface area contributed by atoms with E-state index in [1.165, 1.54) is 0 Å². The third-order valence-electron chi connectivity index (χ3n) is 4.06. The lowest BCUT2D eigenvalue weighted by Crippen LogP contribution is -2.54. The predicted octanol–water partition coefficient (Wildman–Crippen LogP) is 4.34. The van der Waals surface area contributed by atoms with Crippen LogP contribution >= 0.6 is 15.9 Å². The predicted molar refractivity (Wildman–Crippen MR) is 96.5 cm³/mol. The highest BCUT2D eigenvalue weighted by Crippen LogP contribution is 2.24. The summed E-state index contributed by atoms with van der Waals surface area (Å²) in [6.07, 6.45) is -0.266. The first-order valence-corrected chi connectivity index (χ1v) is 9.02. The van der Waals surface area contributed by atoms with Crippen molar-refractivity contribution in [2.75, 3.05) is 19.6 Å². The second-order valence-electron chi connectivity index (χ2n) is 7.45. The largest absolute Gasteiger partial charge is 0.444 e. The Hall–Kier alpha value is -1.14. The van der Waals surface area contributed by atoms with Crippen molar-refractivity contribution in [2.24, 2.45) is 0 Å². The lowest BCUT2D eigenvalue weighted by molar-refractivity contribution is 0.000535. The van der Waals surface area contributed by atoms with Crippen LogP contribution in [0.3, 0.4) is 0 Å². The number of carbonyl (C=O) groups excluding carboxylic acids is 1. The van der Waals surface area contributed by atoms with Crippen LogP contribution in [0.25, 0.3) is 0 Å². The molecule has 6 heteroatoms. The van der Waals surface area contributed by atoms with Crippen LogP contribution in [-0.4, -0.2) is 47.2 Å². The molecule has 0 spiro atoms. The van der Waals surface area contributed by atoms with Crippen LogP contribution in [0.2, 0.25) is 0 Å². The fourth-order valence-electron chi connectivity index (χ4n) is 2.82. The Morgan fingerprint density at radius 3 is 2.62 bits per heavy atom. The molecule has 1 aromatic rings. The van der Waals surface area contributed by atoms with Gasteiger partial charge in [-0.15, -0.1) is 0 Å². The molecule has 2 rings (SSSR count). The Balaban J connectivity index is 1.98. The molecule has 1 fully saturated rings. The molecule has 0 radical (unpaired) electrons. The maximum absolute atomic E-state index is 13.8. The van der Waals surface area contributed by atoms with E-state index in [0.29, 0.717) is 18.7 Å². The molecule has 1 aliphatic rings. The first kappa shape index (κ1) is 19.2. The average Bonchev–Trinajstić information content (AvgIpc) is 2.42. The Morgan fingerprint density at radius 2 is 2.04 bits per heavy atom. The van der Waals surface area contributed by atoms with Gasteiger partial charge in [0.2, 0.25) is 0 Å². The summed E-state index contributed by atoms with van der Waals surface area (Å²) < 4.78 is 20.2. The molecular formula is C18H26BrFN2O2. The van der Waals surface area contributed by atoms with Crippen LogP contribution in [0.15, 0.2) is 16.6 Å². The third kappa shape index (κ3) is 4.93. The Kier molecular flexibility index (Phi) is 5.91. The topological polar surface area (TPSA) is 32.8 Å². The first-order valence-electron chi connectivity index (χ1n) is 8.23. The number of ether oxygens (including phenoxy) is 1. The lowest BCUT2D eigenvalue weighted by atomic mass is 10.1. The average molecular weight is 401 g/mol. The first-order chi connectivity index (χ1) is 11.1. The van der Waals surface area contributed by atoms with Crippen molar-refractivity contribution in [3.05, 3.63) is 33.5 Å². The Morgan fingerprint density at radius 1 is 1.38 bits per heavy atom. The Labute approximate surface area is 152 Å². The fourth-order valence-corrected chi connectivity index (χ4v) is 3.40. The van der Waals surface area contributed by atoms with E-state index in [9.17, 15) is 9.18 Å². The number of nitrogens with zero attached hydrogens (tertiary/aromatic N) is 2. The summed E-state index contributed by atoms with van der Waals surface area (Å²) in [6, 6.07) is 3.46. The maximum atomic E-state index is 13.8. The van der Waals surface area contributed by atoms with Gasteiger partial charge >= 0.3 is 6.09 Å². The monoisotopic (exact) mass is 400 g/mol. The van der Waals surface area contributed by atoms with Gasteiger partial charge in [-0.3, -0.25) is 4.90 Å². The van der Waals surface area contributed by atoms with Crippen molar-refractivity contribution < 1.29 is 13.9 Å². The van der Waals surface area contributed by atoms with E-state index >= 15 is 0 Å². The molecule has 134 valence electrons. The molecule has 24 heavy (non-hydrogen) atoms. The van der Waals surface area contributed by atoms with Crippen LogP contribution in [0, 0.1) is 12.7 Å². The van der Waals surface area contributed by atoms with Crippen molar-refractivity contribution in [1.29, 1.82) is 0 Å². The molecule has 1 aromatic carbocycles. The second kappa shape index (κ2) is 7.40.